The maximum atomic E-state index is 12.0. The normalized spacial score (nSPS) is 21.0. The number of aliphatic hydroxyl groups is 1. The molecule has 0 bridgehead atoms. The van der Waals surface area contributed by atoms with Gasteiger partial charge < -0.3 is 14.8 Å². The lowest BCUT2D eigenvalue weighted by Gasteiger charge is -2.30. The summed E-state index contributed by atoms with van der Waals surface area (Å²) in [4.78, 5) is 14.2. The Morgan fingerprint density at radius 3 is 3.14 bits per heavy atom. The van der Waals surface area contributed by atoms with Crippen molar-refractivity contribution in [1.82, 2.24) is 10.2 Å². The predicted molar refractivity (Wildman–Crippen MR) is 85.3 cm³/mol. The van der Waals surface area contributed by atoms with Crippen LogP contribution in [0.5, 0.6) is 0 Å². The SMILES string of the molecule is C=CCNC(=O)CN1CCCCCC1CC(O)c1ccco1. The molecule has 1 fully saturated rings. The van der Waals surface area contributed by atoms with Crippen LogP contribution in [0.25, 0.3) is 0 Å². The highest BCUT2D eigenvalue weighted by Crippen LogP contribution is 2.26. The molecular formula is C17H26N2O3. The summed E-state index contributed by atoms with van der Waals surface area (Å²) < 4.78 is 5.28. The first-order chi connectivity index (χ1) is 10.7. The first kappa shape index (κ1) is 16.8. The molecule has 1 aliphatic heterocycles. The second-order valence-electron chi connectivity index (χ2n) is 5.83. The van der Waals surface area contributed by atoms with Crippen molar-refractivity contribution in [2.24, 2.45) is 0 Å². The Labute approximate surface area is 132 Å². The van der Waals surface area contributed by atoms with Gasteiger partial charge in [-0.1, -0.05) is 18.9 Å². The Morgan fingerprint density at radius 2 is 2.41 bits per heavy atom. The van der Waals surface area contributed by atoms with Crippen molar-refractivity contribution in [3.05, 3.63) is 36.8 Å². The number of carbonyl (C=O) groups is 1. The van der Waals surface area contributed by atoms with E-state index in [1.165, 1.54) is 6.42 Å². The summed E-state index contributed by atoms with van der Waals surface area (Å²) in [6, 6.07) is 3.78. The summed E-state index contributed by atoms with van der Waals surface area (Å²) in [6.45, 7) is 5.38. The average molecular weight is 306 g/mol. The standard InChI is InChI=1S/C17H26N2O3/c1-2-9-18-17(21)13-19-10-5-3-4-7-14(19)12-15(20)16-8-6-11-22-16/h2,6,8,11,14-15,20H,1,3-5,7,9-10,12-13H2,(H,18,21). The summed E-state index contributed by atoms with van der Waals surface area (Å²) in [5.41, 5.74) is 0. The number of nitrogens with zero attached hydrogens (tertiary/aromatic N) is 1. The minimum Gasteiger partial charge on any atom is -0.467 e. The van der Waals surface area contributed by atoms with E-state index in [0.29, 0.717) is 25.3 Å². The van der Waals surface area contributed by atoms with Crippen molar-refractivity contribution >= 4 is 5.91 Å². The molecule has 1 aliphatic rings. The van der Waals surface area contributed by atoms with E-state index in [1.807, 2.05) is 0 Å². The third-order valence-electron chi connectivity index (χ3n) is 4.16. The van der Waals surface area contributed by atoms with Crippen LogP contribution in [0.2, 0.25) is 0 Å². The van der Waals surface area contributed by atoms with Crippen molar-refractivity contribution in [3.8, 4) is 0 Å². The van der Waals surface area contributed by atoms with Crippen LogP contribution in [0.15, 0.2) is 35.5 Å². The second kappa shape index (κ2) is 8.76. The zero-order valence-electron chi connectivity index (χ0n) is 13.0. The van der Waals surface area contributed by atoms with Crippen LogP contribution in [0.3, 0.4) is 0 Å². The number of aliphatic hydroxyl groups excluding tert-OH is 1. The zero-order chi connectivity index (χ0) is 15.8. The van der Waals surface area contributed by atoms with E-state index in [0.717, 1.165) is 25.8 Å². The molecule has 2 heterocycles. The molecule has 0 radical (unpaired) electrons. The smallest absolute Gasteiger partial charge is 0.234 e. The fourth-order valence-corrected chi connectivity index (χ4v) is 2.99. The van der Waals surface area contributed by atoms with E-state index >= 15 is 0 Å². The van der Waals surface area contributed by atoms with Crippen molar-refractivity contribution in [1.29, 1.82) is 0 Å². The van der Waals surface area contributed by atoms with Gasteiger partial charge in [0.2, 0.25) is 5.91 Å². The Morgan fingerprint density at radius 1 is 1.55 bits per heavy atom. The molecule has 5 heteroatoms. The van der Waals surface area contributed by atoms with Gasteiger partial charge in [0.05, 0.1) is 12.8 Å². The number of rotatable bonds is 7. The molecule has 1 aromatic heterocycles. The Bertz CT molecular complexity index is 458. The van der Waals surface area contributed by atoms with Gasteiger partial charge in [-0.05, 0) is 37.9 Å². The lowest BCUT2D eigenvalue weighted by Crippen LogP contribution is -2.43. The van der Waals surface area contributed by atoms with E-state index in [9.17, 15) is 9.90 Å². The number of furan rings is 1. The van der Waals surface area contributed by atoms with Gasteiger partial charge in [-0.3, -0.25) is 9.69 Å². The number of nitrogens with one attached hydrogen (secondary N) is 1. The lowest BCUT2D eigenvalue weighted by atomic mass is 10.0. The van der Waals surface area contributed by atoms with Gasteiger partial charge in [-0.2, -0.15) is 0 Å². The van der Waals surface area contributed by atoms with Gasteiger partial charge >= 0.3 is 0 Å². The van der Waals surface area contributed by atoms with Crippen LogP contribution >= 0.6 is 0 Å². The Hall–Kier alpha value is -1.59. The van der Waals surface area contributed by atoms with Crippen LogP contribution < -0.4 is 5.32 Å². The van der Waals surface area contributed by atoms with Gasteiger partial charge in [0, 0.05) is 12.6 Å². The molecule has 1 amide bonds. The minimum absolute atomic E-state index is 0.0132. The molecule has 22 heavy (non-hydrogen) atoms. The average Bonchev–Trinajstić information content (AvgIpc) is 2.97. The number of amides is 1. The van der Waals surface area contributed by atoms with Crippen LogP contribution in [0.1, 0.15) is 44.0 Å². The van der Waals surface area contributed by atoms with Gasteiger partial charge in [0.25, 0.3) is 0 Å². The van der Waals surface area contributed by atoms with Gasteiger partial charge in [0.15, 0.2) is 0 Å². The van der Waals surface area contributed by atoms with Crippen LogP contribution in [-0.4, -0.2) is 41.6 Å². The molecular weight excluding hydrogens is 280 g/mol. The van der Waals surface area contributed by atoms with E-state index in [2.05, 4.69) is 16.8 Å². The van der Waals surface area contributed by atoms with Crippen LogP contribution in [0.4, 0.5) is 0 Å². The highest BCUT2D eigenvalue weighted by atomic mass is 16.4. The maximum absolute atomic E-state index is 12.0. The largest absolute Gasteiger partial charge is 0.467 e. The molecule has 0 aliphatic carbocycles. The monoisotopic (exact) mass is 306 g/mol. The first-order valence-electron chi connectivity index (χ1n) is 8.04. The molecule has 0 spiro atoms. The van der Waals surface area contributed by atoms with Crippen molar-refractivity contribution in [2.45, 2.75) is 44.2 Å². The number of hydrogen-bond donors (Lipinski definition) is 2. The second-order valence-corrected chi connectivity index (χ2v) is 5.83. The third-order valence-corrected chi connectivity index (χ3v) is 4.16. The molecule has 1 saturated heterocycles. The molecule has 1 aromatic rings. The Balaban J connectivity index is 1.94. The maximum Gasteiger partial charge on any atom is 0.234 e. The molecule has 0 saturated carbocycles. The van der Waals surface area contributed by atoms with Gasteiger partial charge in [0.1, 0.15) is 11.9 Å². The topological polar surface area (TPSA) is 65.7 Å². The number of hydrogen-bond acceptors (Lipinski definition) is 4. The molecule has 122 valence electrons. The quantitative estimate of drug-likeness (QED) is 0.758. The van der Waals surface area contributed by atoms with Crippen LogP contribution in [0, 0.1) is 0 Å². The third kappa shape index (κ3) is 5.00. The molecule has 5 nitrogen and oxygen atoms in total. The summed E-state index contributed by atoms with van der Waals surface area (Å²) >= 11 is 0. The predicted octanol–water partition coefficient (Wildman–Crippen LogP) is 2.25. The molecule has 2 unspecified atom stereocenters. The summed E-state index contributed by atoms with van der Waals surface area (Å²) in [6.07, 6.45) is 7.66. The van der Waals surface area contributed by atoms with E-state index in [4.69, 9.17) is 4.42 Å². The first-order valence-corrected chi connectivity index (χ1v) is 8.04. The highest BCUT2D eigenvalue weighted by Gasteiger charge is 2.26. The fourth-order valence-electron chi connectivity index (χ4n) is 2.99. The molecule has 2 rings (SSSR count). The van der Waals surface area contributed by atoms with Crippen molar-refractivity contribution < 1.29 is 14.3 Å². The lowest BCUT2D eigenvalue weighted by molar-refractivity contribution is -0.122. The summed E-state index contributed by atoms with van der Waals surface area (Å²) in [5.74, 6) is 0.611. The summed E-state index contributed by atoms with van der Waals surface area (Å²) in [7, 11) is 0. The highest BCUT2D eigenvalue weighted by molar-refractivity contribution is 5.78. The van der Waals surface area contributed by atoms with Crippen LogP contribution in [-0.2, 0) is 4.79 Å². The Kier molecular flexibility index (Phi) is 6.68. The minimum atomic E-state index is -0.614. The molecule has 2 N–H and O–H groups in total. The van der Waals surface area contributed by atoms with Crippen molar-refractivity contribution in [2.75, 3.05) is 19.6 Å². The fraction of sp³-hybridized carbons (Fsp3) is 0.588. The van der Waals surface area contributed by atoms with Gasteiger partial charge in [-0.25, -0.2) is 0 Å². The van der Waals surface area contributed by atoms with E-state index in [1.54, 1.807) is 24.5 Å². The number of carbonyl (C=O) groups excluding carboxylic acids is 1. The zero-order valence-corrected chi connectivity index (χ0v) is 13.0. The van der Waals surface area contributed by atoms with Crippen molar-refractivity contribution in [3.63, 3.8) is 0 Å². The van der Waals surface area contributed by atoms with E-state index < -0.39 is 6.10 Å². The molecule has 0 aromatic carbocycles. The number of likely N-dealkylation sites (tertiary alicyclic amines) is 1. The molecule has 2 atom stereocenters. The van der Waals surface area contributed by atoms with E-state index in [-0.39, 0.29) is 11.9 Å². The van der Waals surface area contributed by atoms with Gasteiger partial charge in [-0.15, -0.1) is 6.58 Å². The summed E-state index contributed by atoms with van der Waals surface area (Å²) in [5, 5.41) is 13.1.